The van der Waals surface area contributed by atoms with Crippen molar-refractivity contribution in [2.45, 2.75) is 6.04 Å². The predicted molar refractivity (Wildman–Crippen MR) is 101 cm³/mol. The van der Waals surface area contributed by atoms with Crippen molar-refractivity contribution >= 4 is 34.6 Å². The summed E-state index contributed by atoms with van der Waals surface area (Å²) >= 11 is 11.5. The first kappa shape index (κ1) is 17.1. The van der Waals surface area contributed by atoms with E-state index >= 15 is 0 Å². The Morgan fingerprint density at radius 1 is 1.21 bits per heavy atom. The van der Waals surface area contributed by atoms with Crippen molar-refractivity contribution in [3.05, 3.63) is 64.9 Å². The minimum absolute atomic E-state index is 0.0841. The van der Waals surface area contributed by atoms with E-state index in [0.29, 0.717) is 10.8 Å². The number of benzene rings is 2. The Labute approximate surface area is 152 Å². The molecule has 3 rings (SSSR count). The molecule has 1 aliphatic rings. The first-order valence-corrected chi connectivity index (χ1v) is 8.59. The van der Waals surface area contributed by atoms with Gasteiger partial charge in [-0.15, -0.1) is 0 Å². The highest BCUT2D eigenvalue weighted by molar-refractivity contribution is 7.80. The van der Waals surface area contributed by atoms with Crippen LogP contribution in [0.5, 0.6) is 0 Å². The molecule has 3 nitrogen and oxygen atoms in total. The van der Waals surface area contributed by atoms with Gasteiger partial charge in [0, 0.05) is 25.3 Å². The van der Waals surface area contributed by atoms with E-state index < -0.39 is 5.82 Å². The molecule has 2 aromatic rings. The number of rotatable bonds is 2. The Bertz CT molecular complexity index is 725. The smallest absolute Gasteiger partial charge is 0.174 e. The zero-order valence-electron chi connectivity index (χ0n) is 13.4. The van der Waals surface area contributed by atoms with E-state index in [2.05, 4.69) is 34.3 Å². The Hall–Kier alpha value is -1.69. The molecule has 0 unspecified atom stereocenters. The highest BCUT2D eigenvalue weighted by Crippen LogP contribution is 2.26. The standard InChI is InChI=1S/C18H19ClFN3S/c1-22-9-10-23(17(12-22)13-5-3-2-4-6-13)18(24)21-14-7-8-16(20)15(19)11-14/h2-8,11,17H,9-10,12H2,1H3,(H,21,24)/t17-/m1/s1. The maximum absolute atomic E-state index is 13.3. The molecule has 0 amide bonds. The van der Waals surface area contributed by atoms with Crippen LogP contribution in [0.15, 0.2) is 48.5 Å². The van der Waals surface area contributed by atoms with Crippen molar-refractivity contribution in [2.75, 3.05) is 32.0 Å². The molecule has 24 heavy (non-hydrogen) atoms. The molecule has 0 saturated carbocycles. The number of nitrogens with one attached hydrogen (secondary N) is 1. The van der Waals surface area contributed by atoms with E-state index in [4.69, 9.17) is 23.8 Å². The van der Waals surface area contributed by atoms with Gasteiger partial charge in [0.05, 0.1) is 11.1 Å². The van der Waals surface area contributed by atoms with Crippen LogP contribution in [-0.2, 0) is 0 Å². The second-order valence-corrected chi connectivity index (χ2v) is 6.74. The molecule has 1 atom stereocenters. The summed E-state index contributed by atoms with van der Waals surface area (Å²) in [7, 11) is 2.11. The third kappa shape index (κ3) is 3.86. The van der Waals surface area contributed by atoms with Gasteiger partial charge in [-0.05, 0) is 43.0 Å². The van der Waals surface area contributed by atoms with Gasteiger partial charge in [0.25, 0.3) is 0 Å². The SMILES string of the molecule is CN1CCN(C(=S)Nc2ccc(F)c(Cl)c2)[C@@H](c2ccccc2)C1. The van der Waals surface area contributed by atoms with Gasteiger partial charge >= 0.3 is 0 Å². The highest BCUT2D eigenvalue weighted by atomic mass is 35.5. The predicted octanol–water partition coefficient (Wildman–Crippen LogP) is 4.16. The van der Waals surface area contributed by atoms with Crippen LogP contribution in [0.25, 0.3) is 0 Å². The first-order valence-electron chi connectivity index (χ1n) is 7.81. The monoisotopic (exact) mass is 363 g/mol. The van der Waals surface area contributed by atoms with Gasteiger partial charge in [0.15, 0.2) is 5.11 Å². The molecule has 0 spiro atoms. The molecule has 0 aliphatic carbocycles. The fourth-order valence-corrected chi connectivity index (χ4v) is 3.41. The minimum Gasteiger partial charge on any atom is -0.339 e. The fourth-order valence-electron chi connectivity index (χ4n) is 2.89. The Morgan fingerprint density at radius 2 is 1.96 bits per heavy atom. The molecular weight excluding hydrogens is 345 g/mol. The van der Waals surface area contributed by atoms with Crippen LogP contribution in [0.4, 0.5) is 10.1 Å². The maximum Gasteiger partial charge on any atom is 0.174 e. The normalized spacial score (nSPS) is 18.5. The van der Waals surface area contributed by atoms with E-state index in [-0.39, 0.29) is 11.1 Å². The van der Waals surface area contributed by atoms with Crippen LogP contribution >= 0.6 is 23.8 Å². The largest absolute Gasteiger partial charge is 0.339 e. The quantitative estimate of drug-likeness (QED) is 0.807. The zero-order chi connectivity index (χ0) is 17.1. The van der Waals surface area contributed by atoms with Gasteiger partial charge in [-0.25, -0.2) is 4.39 Å². The lowest BCUT2D eigenvalue weighted by atomic mass is 10.0. The van der Waals surface area contributed by atoms with Crippen molar-refractivity contribution in [1.82, 2.24) is 9.80 Å². The van der Waals surface area contributed by atoms with E-state index in [1.54, 1.807) is 12.1 Å². The van der Waals surface area contributed by atoms with Gasteiger partial charge in [-0.2, -0.15) is 0 Å². The van der Waals surface area contributed by atoms with Crippen molar-refractivity contribution in [2.24, 2.45) is 0 Å². The van der Waals surface area contributed by atoms with Crippen LogP contribution in [-0.4, -0.2) is 41.6 Å². The molecule has 0 radical (unpaired) electrons. The number of halogens is 2. The summed E-state index contributed by atoms with van der Waals surface area (Å²) in [4.78, 5) is 4.48. The summed E-state index contributed by atoms with van der Waals surface area (Å²) in [5, 5.41) is 3.89. The molecule has 1 N–H and O–H groups in total. The summed E-state index contributed by atoms with van der Waals surface area (Å²) < 4.78 is 13.3. The van der Waals surface area contributed by atoms with E-state index in [1.807, 2.05) is 18.2 Å². The number of nitrogens with zero attached hydrogens (tertiary/aromatic N) is 2. The lowest BCUT2D eigenvalue weighted by Gasteiger charge is -2.41. The average molecular weight is 364 g/mol. The van der Waals surface area contributed by atoms with Crippen LogP contribution < -0.4 is 5.32 Å². The van der Waals surface area contributed by atoms with Crippen LogP contribution in [0.1, 0.15) is 11.6 Å². The van der Waals surface area contributed by atoms with Crippen molar-refractivity contribution < 1.29 is 4.39 Å². The molecule has 0 bridgehead atoms. The van der Waals surface area contributed by atoms with Gasteiger partial charge in [-0.3, -0.25) is 0 Å². The number of thiocarbonyl (C=S) groups is 1. The summed E-state index contributed by atoms with van der Waals surface area (Å²) in [5.41, 5.74) is 1.92. The second-order valence-electron chi connectivity index (χ2n) is 5.94. The van der Waals surface area contributed by atoms with Crippen LogP contribution in [0.3, 0.4) is 0 Å². The molecule has 0 aromatic heterocycles. The third-order valence-electron chi connectivity index (χ3n) is 4.20. The molecule has 1 heterocycles. The van der Waals surface area contributed by atoms with Gasteiger partial charge in [0.1, 0.15) is 5.82 Å². The van der Waals surface area contributed by atoms with Gasteiger partial charge in [0.2, 0.25) is 0 Å². The molecule has 1 aliphatic heterocycles. The van der Waals surface area contributed by atoms with Crippen molar-refractivity contribution in [3.63, 3.8) is 0 Å². The minimum atomic E-state index is -0.435. The van der Waals surface area contributed by atoms with E-state index in [1.165, 1.54) is 11.6 Å². The summed E-state index contributed by atoms with van der Waals surface area (Å²) in [6, 6.07) is 15.0. The highest BCUT2D eigenvalue weighted by Gasteiger charge is 2.28. The van der Waals surface area contributed by atoms with Gasteiger partial charge < -0.3 is 15.1 Å². The zero-order valence-corrected chi connectivity index (χ0v) is 14.9. The topological polar surface area (TPSA) is 18.5 Å². The molecule has 1 saturated heterocycles. The third-order valence-corrected chi connectivity index (χ3v) is 4.83. The fraction of sp³-hybridized carbons (Fsp3) is 0.278. The van der Waals surface area contributed by atoms with E-state index in [9.17, 15) is 4.39 Å². The van der Waals surface area contributed by atoms with Gasteiger partial charge in [-0.1, -0.05) is 41.9 Å². The lowest BCUT2D eigenvalue weighted by Crippen LogP contribution is -2.50. The van der Waals surface area contributed by atoms with Crippen molar-refractivity contribution in [1.29, 1.82) is 0 Å². The first-order chi connectivity index (χ1) is 11.5. The molecule has 1 fully saturated rings. The number of hydrogen-bond donors (Lipinski definition) is 1. The Morgan fingerprint density at radius 3 is 2.67 bits per heavy atom. The summed E-state index contributed by atoms with van der Waals surface area (Å²) in [5.74, 6) is -0.435. The average Bonchev–Trinajstić information content (AvgIpc) is 2.59. The summed E-state index contributed by atoms with van der Waals surface area (Å²) in [6.07, 6.45) is 0. The van der Waals surface area contributed by atoms with E-state index in [0.717, 1.165) is 19.6 Å². The number of anilines is 1. The summed E-state index contributed by atoms with van der Waals surface area (Å²) in [6.45, 7) is 2.67. The van der Waals surface area contributed by atoms with Crippen LogP contribution in [0, 0.1) is 5.82 Å². The van der Waals surface area contributed by atoms with Crippen LogP contribution in [0.2, 0.25) is 5.02 Å². The maximum atomic E-state index is 13.3. The number of hydrogen-bond acceptors (Lipinski definition) is 2. The second kappa shape index (κ2) is 7.47. The number of likely N-dealkylation sites (N-methyl/N-ethyl adjacent to an activating group) is 1. The molecule has 2 aromatic carbocycles. The number of piperazine rings is 1. The lowest BCUT2D eigenvalue weighted by molar-refractivity contribution is 0.153. The Balaban J connectivity index is 1.79. The Kier molecular flexibility index (Phi) is 5.33. The molecule has 126 valence electrons. The molecule has 6 heteroatoms. The molecular formula is C18H19ClFN3S. The van der Waals surface area contributed by atoms with Crippen molar-refractivity contribution in [3.8, 4) is 0 Å².